The van der Waals surface area contributed by atoms with E-state index in [4.69, 9.17) is 23.2 Å². The van der Waals surface area contributed by atoms with Crippen molar-refractivity contribution in [3.05, 3.63) is 99.3 Å². The van der Waals surface area contributed by atoms with E-state index in [-0.39, 0.29) is 10.5 Å². The normalized spacial score (nSPS) is 11.6. The predicted molar refractivity (Wildman–Crippen MR) is 120 cm³/mol. The van der Waals surface area contributed by atoms with Crippen molar-refractivity contribution < 1.29 is 13.2 Å². The Morgan fingerprint density at radius 3 is 2.52 bits per heavy atom. The lowest BCUT2D eigenvalue weighted by Crippen LogP contribution is -2.30. The molecule has 0 unspecified atom stereocenters. The second-order valence-electron chi connectivity index (χ2n) is 6.97. The van der Waals surface area contributed by atoms with Crippen LogP contribution in [0.15, 0.2) is 71.8 Å². The Kier molecular flexibility index (Phi) is 5.75. The average Bonchev–Trinajstić information content (AvgIpc) is 3.04. The second-order valence-corrected chi connectivity index (χ2v) is 9.50. The molecule has 0 fully saturated rings. The fraction of sp³-hybridized carbons (Fsp3) is 0.0909. The quantitative estimate of drug-likeness (QED) is 0.456. The molecule has 0 aliphatic carbocycles. The Morgan fingerprint density at radius 2 is 1.81 bits per heavy atom. The summed E-state index contributed by atoms with van der Waals surface area (Å²) < 4.78 is 28.7. The highest BCUT2D eigenvalue weighted by molar-refractivity contribution is 7.90. The number of halogens is 2. The van der Waals surface area contributed by atoms with Crippen molar-refractivity contribution >= 4 is 44.6 Å². The monoisotopic (exact) mass is 473 g/mol. The van der Waals surface area contributed by atoms with Gasteiger partial charge in [-0.05, 0) is 48.9 Å². The van der Waals surface area contributed by atoms with Crippen LogP contribution in [-0.2, 0) is 16.4 Å². The molecule has 0 aliphatic rings. The smallest absolute Gasteiger partial charge is 0.265 e. The Balaban J connectivity index is 1.67. The van der Waals surface area contributed by atoms with Gasteiger partial charge < -0.3 is 0 Å². The van der Waals surface area contributed by atoms with Crippen LogP contribution < -0.4 is 4.72 Å². The molecule has 2 aromatic carbocycles. The van der Waals surface area contributed by atoms with Crippen molar-refractivity contribution in [2.45, 2.75) is 18.2 Å². The molecule has 0 bridgehead atoms. The van der Waals surface area contributed by atoms with Crippen molar-refractivity contribution in [1.29, 1.82) is 0 Å². The number of carbonyl (C=O) groups excluding carboxylic acids is 1. The molecule has 2 heterocycles. The van der Waals surface area contributed by atoms with Crippen LogP contribution in [0, 0.1) is 6.92 Å². The Morgan fingerprint density at radius 1 is 1.06 bits per heavy atom. The zero-order valence-electron chi connectivity index (χ0n) is 16.3. The third kappa shape index (κ3) is 4.44. The molecule has 0 radical (unpaired) electrons. The summed E-state index contributed by atoms with van der Waals surface area (Å²) in [6.45, 7) is 1.87. The van der Waals surface area contributed by atoms with Crippen LogP contribution in [0.25, 0.3) is 5.52 Å². The number of nitrogens with one attached hydrogen (secondary N) is 1. The molecule has 2 aromatic heterocycles. The number of rotatable bonds is 5. The average molecular weight is 474 g/mol. The molecule has 0 aliphatic heterocycles. The molecule has 0 atom stereocenters. The summed E-state index contributed by atoms with van der Waals surface area (Å²) in [5.41, 5.74) is 3.42. The van der Waals surface area contributed by atoms with Gasteiger partial charge in [0.15, 0.2) is 0 Å². The van der Waals surface area contributed by atoms with Gasteiger partial charge in [0.1, 0.15) is 0 Å². The van der Waals surface area contributed by atoms with Crippen LogP contribution in [0.3, 0.4) is 0 Å². The topological polar surface area (TPSA) is 80.5 Å². The number of pyridine rings is 1. The van der Waals surface area contributed by atoms with Crippen LogP contribution in [0.5, 0.6) is 0 Å². The maximum absolute atomic E-state index is 12.7. The van der Waals surface area contributed by atoms with Crippen LogP contribution in [0.4, 0.5) is 0 Å². The number of carbonyl (C=O) groups is 1. The lowest BCUT2D eigenvalue weighted by atomic mass is 10.0. The van der Waals surface area contributed by atoms with E-state index < -0.39 is 15.9 Å². The van der Waals surface area contributed by atoms with Crippen molar-refractivity contribution in [3.8, 4) is 0 Å². The predicted octanol–water partition coefficient (Wildman–Crippen LogP) is 4.66. The molecular weight excluding hydrogens is 457 g/mol. The van der Waals surface area contributed by atoms with Gasteiger partial charge in [-0.1, -0.05) is 47.5 Å². The maximum Gasteiger partial charge on any atom is 0.265 e. The molecule has 4 aromatic rings. The van der Waals surface area contributed by atoms with Gasteiger partial charge in [-0.25, -0.2) is 17.7 Å². The number of hydrogen-bond donors (Lipinski definition) is 1. The third-order valence-corrected chi connectivity index (χ3v) is 6.80. The molecule has 0 saturated heterocycles. The summed E-state index contributed by atoms with van der Waals surface area (Å²) in [5, 5.41) is 5.56. The van der Waals surface area contributed by atoms with E-state index in [2.05, 4.69) is 9.82 Å². The number of benzene rings is 2. The molecule has 158 valence electrons. The number of sulfonamides is 1. The van der Waals surface area contributed by atoms with Crippen molar-refractivity contribution in [3.63, 3.8) is 0 Å². The first kappa shape index (κ1) is 21.4. The van der Waals surface area contributed by atoms with Crippen molar-refractivity contribution in [1.82, 2.24) is 14.3 Å². The summed E-state index contributed by atoms with van der Waals surface area (Å²) in [6.07, 6.45) is 2.11. The fourth-order valence-corrected chi connectivity index (χ4v) is 4.74. The molecule has 0 saturated carbocycles. The van der Waals surface area contributed by atoms with E-state index in [0.717, 1.165) is 16.8 Å². The first-order valence-corrected chi connectivity index (χ1v) is 11.5. The molecular formula is C22H17Cl2N3O3S. The summed E-state index contributed by atoms with van der Waals surface area (Å²) in [5.74, 6) is -0.722. The SMILES string of the molecule is Cc1nn2ccc(C(=O)NS(=O)(=O)c3ccccc3)cc2c1Cc1ccc(Cl)cc1Cl. The van der Waals surface area contributed by atoms with E-state index in [1.54, 1.807) is 47.1 Å². The summed E-state index contributed by atoms with van der Waals surface area (Å²) in [4.78, 5) is 12.7. The zero-order chi connectivity index (χ0) is 22.2. The molecule has 1 amide bonds. The lowest BCUT2D eigenvalue weighted by Gasteiger charge is -2.08. The van der Waals surface area contributed by atoms with Crippen LogP contribution in [0.2, 0.25) is 10.0 Å². The fourth-order valence-electron chi connectivity index (χ4n) is 3.27. The highest BCUT2D eigenvalue weighted by atomic mass is 35.5. The standard InChI is InChI=1S/C22H17Cl2N3O3S/c1-14-19(11-15-7-8-17(23)13-20(15)24)21-12-16(9-10-27(21)25-14)22(28)26-31(29,30)18-5-3-2-4-6-18/h2-10,12-13H,11H2,1H3,(H,26,28). The molecule has 0 spiro atoms. The molecule has 4 rings (SSSR count). The van der Waals surface area contributed by atoms with E-state index in [1.165, 1.54) is 18.2 Å². The van der Waals surface area contributed by atoms with E-state index >= 15 is 0 Å². The van der Waals surface area contributed by atoms with Gasteiger partial charge in [0.25, 0.3) is 15.9 Å². The molecule has 6 nitrogen and oxygen atoms in total. The highest BCUT2D eigenvalue weighted by Crippen LogP contribution is 2.27. The zero-order valence-corrected chi connectivity index (χ0v) is 18.7. The van der Waals surface area contributed by atoms with Crippen molar-refractivity contribution in [2.24, 2.45) is 0 Å². The highest BCUT2D eigenvalue weighted by Gasteiger charge is 2.20. The number of aryl methyl sites for hydroxylation is 1. The van der Waals surface area contributed by atoms with Gasteiger partial charge in [0.05, 0.1) is 16.1 Å². The van der Waals surface area contributed by atoms with Crippen molar-refractivity contribution in [2.75, 3.05) is 0 Å². The van der Waals surface area contributed by atoms with Gasteiger partial charge in [-0.2, -0.15) is 5.10 Å². The van der Waals surface area contributed by atoms with Gasteiger partial charge in [0, 0.05) is 33.8 Å². The minimum Gasteiger partial charge on any atom is -0.268 e. The van der Waals surface area contributed by atoms with Crippen LogP contribution >= 0.6 is 23.2 Å². The van der Waals surface area contributed by atoms with Gasteiger partial charge >= 0.3 is 0 Å². The van der Waals surface area contributed by atoms with E-state index in [1.807, 2.05) is 13.0 Å². The summed E-state index contributed by atoms with van der Waals surface area (Å²) in [6, 6.07) is 16.2. The largest absolute Gasteiger partial charge is 0.268 e. The number of amides is 1. The summed E-state index contributed by atoms with van der Waals surface area (Å²) >= 11 is 12.3. The van der Waals surface area contributed by atoms with Gasteiger partial charge in [-0.15, -0.1) is 0 Å². The van der Waals surface area contributed by atoms with E-state index in [0.29, 0.717) is 22.0 Å². The first-order valence-electron chi connectivity index (χ1n) is 9.28. The minimum atomic E-state index is -3.98. The van der Waals surface area contributed by atoms with Gasteiger partial charge in [0.2, 0.25) is 0 Å². The molecule has 9 heteroatoms. The molecule has 31 heavy (non-hydrogen) atoms. The van der Waals surface area contributed by atoms with Crippen LogP contribution in [0.1, 0.15) is 27.2 Å². The lowest BCUT2D eigenvalue weighted by molar-refractivity contribution is 0.0981. The maximum atomic E-state index is 12.7. The Labute approximate surface area is 189 Å². The Hall–Kier alpha value is -2.87. The Bertz CT molecular complexity index is 1400. The van der Waals surface area contributed by atoms with Crippen LogP contribution in [-0.4, -0.2) is 23.9 Å². The van der Waals surface area contributed by atoms with E-state index in [9.17, 15) is 13.2 Å². The number of hydrogen-bond acceptors (Lipinski definition) is 4. The summed E-state index contributed by atoms with van der Waals surface area (Å²) in [7, 11) is -3.98. The molecule has 1 N–H and O–H groups in total. The number of aromatic nitrogens is 2. The first-order chi connectivity index (χ1) is 14.7. The number of fused-ring (bicyclic) bond motifs is 1. The third-order valence-electron chi connectivity index (χ3n) is 4.86. The van der Waals surface area contributed by atoms with Gasteiger partial charge in [-0.3, -0.25) is 4.79 Å². The number of nitrogens with zero attached hydrogens (tertiary/aromatic N) is 2. The minimum absolute atomic E-state index is 0.0164. The second kappa shape index (κ2) is 8.34.